The first-order chi connectivity index (χ1) is 9.69. The maximum Gasteiger partial charge on any atom is 0.225 e. The fourth-order valence-electron chi connectivity index (χ4n) is 2.35. The Labute approximate surface area is 119 Å². The molecule has 108 valence electrons. The summed E-state index contributed by atoms with van der Waals surface area (Å²) in [6.45, 7) is 1.77. The molecular weight excluding hydrogens is 254 g/mol. The summed E-state index contributed by atoms with van der Waals surface area (Å²) in [6, 6.07) is 7.62. The maximum atomic E-state index is 11.8. The second-order valence-electron chi connectivity index (χ2n) is 5.06. The largest absolute Gasteiger partial charge is 0.338 e. The Bertz CT molecular complexity index is 488. The zero-order chi connectivity index (χ0) is 14.4. The van der Waals surface area contributed by atoms with Crippen molar-refractivity contribution in [2.75, 3.05) is 18.4 Å². The van der Waals surface area contributed by atoms with Crippen molar-refractivity contribution >= 4 is 17.5 Å². The average molecular weight is 275 g/mol. The normalized spacial score (nSPS) is 15.2. The molecule has 1 fully saturated rings. The number of hydrogen-bond acceptors (Lipinski definition) is 3. The minimum Gasteiger partial charge on any atom is -0.338 e. The van der Waals surface area contributed by atoms with Gasteiger partial charge in [-0.2, -0.15) is 0 Å². The summed E-state index contributed by atoms with van der Waals surface area (Å²) in [6.07, 6.45) is 3.02. The van der Waals surface area contributed by atoms with Gasteiger partial charge in [-0.25, -0.2) is 0 Å². The number of benzene rings is 1. The highest BCUT2D eigenvalue weighted by atomic mass is 16.2. The van der Waals surface area contributed by atoms with E-state index in [1.54, 1.807) is 0 Å². The lowest BCUT2D eigenvalue weighted by atomic mass is 10.1. The highest BCUT2D eigenvalue weighted by Gasteiger charge is 2.17. The lowest BCUT2D eigenvalue weighted by Gasteiger charge is -2.26. The van der Waals surface area contributed by atoms with Gasteiger partial charge in [0.2, 0.25) is 11.8 Å². The summed E-state index contributed by atoms with van der Waals surface area (Å²) in [5, 5.41) is 2.81. The fraction of sp³-hybridized carbons (Fsp3) is 0.467. The van der Waals surface area contributed by atoms with E-state index in [9.17, 15) is 9.59 Å². The quantitative estimate of drug-likeness (QED) is 0.854. The number of carbonyl (C=O) groups excluding carboxylic acids is 2. The van der Waals surface area contributed by atoms with Crippen LogP contribution in [-0.4, -0.2) is 29.8 Å². The molecule has 5 nitrogen and oxygen atoms in total. The van der Waals surface area contributed by atoms with E-state index in [4.69, 9.17) is 5.73 Å². The van der Waals surface area contributed by atoms with Gasteiger partial charge in [0.1, 0.15) is 0 Å². The van der Waals surface area contributed by atoms with Crippen molar-refractivity contribution in [2.24, 2.45) is 5.73 Å². The summed E-state index contributed by atoms with van der Waals surface area (Å²) < 4.78 is 0. The number of hydrogen-bond donors (Lipinski definition) is 2. The standard InChI is InChI=1S/C15H21N3O2/c16-8-7-14(19)17-13-5-3-4-12(10-13)11-18-9-2-1-6-15(18)20/h3-5,10H,1-2,6-9,11,16H2,(H,17,19). The van der Waals surface area contributed by atoms with Crippen LogP contribution in [0.25, 0.3) is 0 Å². The molecule has 0 unspecified atom stereocenters. The van der Waals surface area contributed by atoms with Gasteiger partial charge in [-0.05, 0) is 30.5 Å². The van der Waals surface area contributed by atoms with Crippen LogP contribution in [0, 0.1) is 0 Å². The molecule has 0 radical (unpaired) electrons. The molecule has 1 aliphatic rings. The van der Waals surface area contributed by atoms with Crippen molar-refractivity contribution < 1.29 is 9.59 Å². The number of carbonyl (C=O) groups is 2. The predicted octanol–water partition coefficient (Wildman–Crippen LogP) is 1.49. The highest BCUT2D eigenvalue weighted by Crippen LogP contribution is 2.17. The lowest BCUT2D eigenvalue weighted by molar-refractivity contribution is -0.133. The van der Waals surface area contributed by atoms with Gasteiger partial charge in [0.15, 0.2) is 0 Å². The van der Waals surface area contributed by atoms with Gasteiger partial charge in [-0.15, -0.1) is 0 Å². The minimum atomic E-state index is -0.0845. The lowest BCUT2D eigenvalue weighted by Crippen LogP contribution is -2.34. The van der Waals surface area contributed by atoms with Gasteiger partial charge in [0.05, 0.1) is 0 Å². The number of nitrogens with one attached hydrogen (secondary N) is 1. The Kier molecular flexibility index (Phi) is 5.12. The van der Waals surface area contributed by atoms with Crippen LogP contribution < -0.4 is 11.1 Å². The summed E-state index contributed by atoms with van der Waals surface area (Å²) in [5.74, 6) is 0.132. The molecule has 2 amide bonds. The zero-order valence-corrected chi connectivity index (χ0v) is 11.6. The number of anilines is 1. The number of nitrogens with zero attached hydrogens (tertiary/aromatic N) is 1. The smallest absolute Gasteiger partial charge is 0.225 e. The molecule has 1 heterocycles. The maximum absolute atomic E-state index is 11.8. The van der Waals surface area contributed by atoms with Crippen LogP contribution in [0.1, 0.15) is 31.2 Å². The summed E-state index contributed by atoms with van der Waals surface area (Å²) >= 11 is 0. The molecule has 20 heavy (non-hydrogen) atoms. The van der Waals surface area contributed by atoms with E-state index in [-0.39, 0.29) is 11.8 Å². The van der Waals surface area contributed by atoms with Gasteiger partial charge in [-0.3, -0.25) is 9.59 Å². The number of piperidine rings is 1. The van der Waals surface area contributed by atoms with Crippen LogP contribution in [0.4, 0.5) is 5.69 Å². The minimum absolute atomic E-state index is 0.0845. The first-order valence-corrected chi connectivity index (χ1v) is 7.05. The van der Waals surface area contributed by atoms with Crippen LogP contribution in [0.3, 0.4) is 0 Å². The van der Waals surface area contributed by atoms with Crippen molar-refractivity contribution in [3.05, 3.63) is 29.8 Å². The van der Waals surface area contributed by atoms with E-state index < -0.39 is 0 Å². The van der Waals surface area contributed by atoms with E-state index in [1.807, 2.05) is 29.2 Å². The summed E-state index contributed by atoms with van der Waals surface area (Å²) in [5.41, 5.74) is 7.14. The van der Waals surface area contributed by atoms with E-state index in [0.29, 0.717) is 25.9 Å². The van der Waals surface area contributed by atoms with E-state index in [1.165, 1.54) is 0 Å². The van der Waals surface area contributed by atoms with Gasteiger partial charge in [-0.1, -0.05) is 12.1 Å². The molecule has 0 saturated carbocycles. The predicted molar refractivity (Wildman–Crippen MR) is 78.0 cm³/mol. The van der Waals surface area contributed by atoms with E-state index in [0.717, 1.165) is 30.6 Å². The number of amides is 2. The Morgan fingerprint density at radius 3 is 2.95 bits per heavy atom. The Morgan fingerprint density at radius 2 is 2.20 bits per heavy atom. The van der Waals surface area contributed by atoms with E-state index in [2.05, 4.69) is 5.32 Å². The van der Waals surface area contributed by atoms with Crippen molar-refractivity contribution in [1.82, 2.24) is 4.90 Å². The van der Waals surface area contributed by atoms with Gasteiger partial charge < -0.3 is 16.0 Å². The van der Waals surface area contributed by atoms with Crippen LogP contribution in [0.2, 0.25) is 0 Å². The molecule has 1 aromatic rings. The monoisotopic (exact) mass is 275 g/mol. The first-order valence-electron chi connectivity index (χ1n) is 7.05. The molecule has 0 atom stereocenters. The zero-order valence-electron chi connectivity index (χ0n) is 11.6. The van der Waals surface area contributed by atoms with Gasteiger partial charge in [0.25, 0.3) is 0 Å². The van der Waals surface area contributed by atoms with Crippen LogP contribution in [0.15, 0.2) is 24.3 Å². The topological polar surface area (TPSA) is 75.4 Å². The molecule has 0 aromatic heterocycles. The Morgan fingerprint density at radius 1 is 1.35 bits per heavy atom. The molecule has 1 saturated heterocycles. The van der Waals surface area contributed by atoms with Crippen LogP contribution in [0.5, 0.6) is 0 Å². The third-order valence-corrected chi connectivity index (χ3v) is 3.38. The molecular formula is C15H21N3O2. The third kappa shape index (κ3) is 4.06. The Balaban J connectivity index is 1.98. The second kappa shape index (κ2) is 7.05. The second-order valence-corrected chi connectivity index (χ2v) is 5.06. The SMILES string of the molecule is NCCC(=O)Nc1cccc(CN2CCCCC2=O)c1. The molecule has 1 aromatic carbocycles. The molecule has 3 N–H and O–H groups in total. The Hall–Kier alpha value is -1.88. The molecule has 1 aliphatic heterocycles. The van der Waals surface area contributed by atoms with Gasteiger partial charge >= 0.3 is 0 Å². The summed E-state index contributed by atoms with van der Waals surface area (Å²) in [7, 11) is 0. The van der Waals surface area contributed by atoms with Crippen molar-refractivity contribution in [3.8, 4) is 0 Å². The van der Waals surface area contributed by atoms with Crippen molar-refractivity contribution in [3.63, 3.8) is 0 Å². The van der Waals surface area contributed by atoms with Crippen molar-refractivity contribution in [1.29, 1.82) is 0 Å². The highest BCUT2D eigenvalue weighted by molar-refractivity contribution is 5.90. The molecule has 0 bridgehead atoms. The molecule has 0 aliphatic carbocycles. The van der Waals surface area contributed by atoms with Crippen LogP contribution in [-0.2, 0) is 16.1 Å². The molecule has 0 spiro atoms. The molecule has 5 heteroatoms. The van der Waals surface area contributed by atoms with Crippen molar-refractivity contribution in [2.45, 2.75) is 32.2 Å². The van der Waals surface area contributed by atoms with Crippen LogP contribution >= 0.6 is 0 Å². The van der Waals surface area contributed by atoms with E-state index >= 15 is 0 Å². The third-order valence-electron chi connectivity index (χ3n) is 3.38. The molecule has 2 rings (SSSR count). The first kappa shape index (κ1) is 14.5. The fourth-order valence-corrected chi connectivity index (χ4v) is 2.35. The number of nitrogens with two attached hydrogens (primary N) is 1. The van der Waals surface area contributed by atoms with Gasteiger partial charge in [0, 0.05) is 38.2 Å². The number of likely N-dealkylation sites (tertiary alicyclic amines) is 1. The number of rotatable bonds is 5. The average Bonchev–Trinajstić information content (AvgIpc) is 2.42. The summed E-state index contributed by atoms with van der Waals surface area (Å²) in [4.78, 5) is 25.2.